The Kier molecular flexibility index (Phi) is 4.18. The third-order valence-corrected chi connectivity index (χ3v) is 4.69. The number of nitrogens with zero attached hydrogens (tertiary/aromatic N) is 1. The zero-order chi connectivity index (χ0) is 14.0. The number of carboxylic acids is 1. The Balaban J connectivity index is 1.97. The number of nitrogens with two attached hydrogens (primary N) is 1. The van der Waals surface area contributed by atoms with E-state index in [2.05, 4.69) is 5.32 Å². The molecule has 106 valence electrons. The fourth-order valence-electron chi connectivity index (χ4n) is 2.10. The van der Waals surface area contributed by atoms with Gasteiger partial charge in [0, 0.05) is 18.7 Å². The van der Waals surface area contributed by atoms with E-state index in [4.69, 9.17) is 10.8 Å². The summed E-state index contributed by atoms with van der Waals surface area (Å²) < 4.78 is 0. The fraction of sp³-hybridized carbons (Fsp3) is 0.727. The lowest BCUT2D eigenvalue weighted by Gasteiger charge is -2.27. The monoisotopic (exact) mass is 287 g/mol. The van der Waals surface area contributed by atoms with Crippen molar-refractivity contribution in [2.24, 2.45) is 11.7 Å². The molecule has 1 saturated carbocycles. The molecule has 2 unspecified atom stereocenters. The molecule has 2 fully saturated rings. The van der Waals surface area contributed by atoms with Crippen molar-refractivity contribution in [3.8, 4) is 0 Å². The highest BCUT2D eigenvalue weighted by Crippen LogP contribution is 2.45. The van der Waals surface area contributed by atoms with E-state index >= 15 is 0 Å². The summed E-state index contributed by atoms with van der Waals surface area (Å²) in [5.74, 6) is -0.665. The first kappa shape index (κ1) is 14.0. The molecule has 1 heterocycles. The summed E-state index contributed by atoms with van der Waals surface area (Å²) in [5.41, 5.74) is 4.99. The number of primary amides is 1. The van der Waals surface area contributed by atoms with Crippen LogP contribution in [0.15, 0.2) is 0 Å². The van der Waals surface area contributed by atoms with Gasteiger partial charge in [-0.2, -0.15) is 0 Å². The second-order valence-corrected chi connectivity index (χ2v) is 5.92. The lowest BCUT2D eigenvalue weighted by Crippen LogP contribution is -2.51. The van der Waals surface area contributed by atoms with Gasteiger partial charge < -0.3 is 16.2 Å². The topological polar surface area (TPSA) is 113 Å². The highest BCUT2D eigenvalue weighted by atomic mass is 32.2. The molecule has 8 heteroatoms. The average molecular weight is 287 g/mol. The smallest absolute Gasteiger partial charge is 0.327 e. The molecule has 0 aromatic carbocycles. The van der Waals surface area contributed by atoms with Gasteiger partial charge in [0.15, 0.2) is 0 Å². The van der Waals surface area contributed by atoms with Gasteiger partial charge in [0.2, 0.25) is 5.91 Å². The Morgan fingerprint density at radius 1 is 1.37 bits per heavy atom. The third-order valence-electron chi connectivity index (χ3n) is 3.23. The maximum atomic E-state index is 12.1. The highest BCUT2D eigenvalue weighted by Gasteiger charge is 2.47. The maximum Gasteiger partial charge on any atom is 0.327 e. The summed E-state index contributed by atoms with van der Waals surface area (Å²) in [6.45, 7) is 0.138. The van der Waals surface area contributed by atoms with Gasteiger partial charge >= 0.3 is 12.0 Å². The molecule has 2 rings (SSSR count). The zero-order valence-corrected chi connectivity index (χ0v) is 11.2. The number of amides is 3. The Bertz CT molecular complexity index is 399. The van der Waals surface area contributed by atoms with Gasteiger partial charge in [-0.1, -0.05) is 0 Å². The summed E-state index contributed by atoms with van der Waals surface area (Å²) in [5, 5.41) is 11.7. The number of urea groups is 1. The minimum Gasteiger partial charge on any atom is -0.480 e. The van der Waals surface area contributed by atoms with E-state index in [0.717, 1.165) is 12.8 Å². The van der Waals surface area contributed by atoms with Crippen molar-refractivity contribution < 1.29 is 19.5 Å². The molecule has 1 saturated heterocycles. The van der Waals surface area contributed by atoms with Crippen molar-refractivity contribution in [2.75, 3.05) is 12.3 Å². The van der Waals surface area contributed by atoms with Crippen molar-refractivity contribution in [1.82, 2.24) is 10.2 Å². The van der Waals surface area contributed by atoms with Crippen LogP contribution in [0.4, 0.5) is 4.79 Å². The van der Waals surface area contributed by atoms with Gasteiger partial charge in [-0.3, -0.25) is 9.69 Å². The molecule has 7 nitrogen and oxygen atoms in total. The Morgan fingerprint density at radius 2 is 2.05 bits per heavy atom. The molecule has 0 aromatic rings. The van der Waals surface area contributed by atoms with Gasteiger partial charge in [0.1, 0.15) is 6.04 Å². The SMILES string of the molecule is NC(=O)CCNC(=O)N1C(C(=O)O)CSC1C1CC1. The van der Waals surface area contributed by atoms with E-state index in [9.17, 15) is 14.4 Å². The number of carboxylic acid groups (broad SMARTS) is 1. The number of thioether (sulfide) groups is 1. The predicted octanol–water partition coefficient (Wildman–Crippen LogP) is -0.190. The number of aliphatic carboxylic acids is 1. The summed E-state index contributed by atoms with van der Waals surface area (Å²) >= 11 is 1.52. The van der Waals surface area contributed by atoms with Crippen molar-refractivity contribution in [1.29, 1.82) is 0 Å². The Labute approximate surface area is 114 Å². The Morgan fingerprint density at radius 3 is 2.58 bits per heavy atom. The molecule has 1 aliphatic carbocycles. The Hall–Kier alpha value is -1.44. The molecular formula is C11H17N3O4S. The van der Waals surface area contributed by atoms with Gasteiger partial charge in [-0.05, 0) is 18.8 Å². The van der Waals surface area contributed by atoms with Crippen LogP contribution in [0.25, 0.3) is 0 Å². The molecule has 3 amide bonds. The molecule has 0 aromatic heterocycles. The van der Waals surface area contributed by atoms with Crippen LogP contribution in [-0.4, -0.2) is 51.6 Å². The van der Waals surface area contributed by atoms with E-state index in [1.165, 1.54) is 16.7 Å². The molecule has 19 heavy (non-hydrogen) atoms. The van der Waals surface area contributed by atoms with Gasteiger partial charge in [-0.25, -0.2) is 9.59 Å². The summed E-state index contributed by atoms with van der Waals surface area (Å²) in [6, 6.07) is -1.21. The molecule has 1 aliphatic heterocycles. The van der Waals surface area contributed by atoms with Gasteiger partial charge in [0.25, 0.3) is 0 Å². The predicted molar refractivity (Wildman–Crippen MR) is 69.4 cm³/mol. The van der Waals surface area contributed by atoms with Crippen LogP contribution in [0.2, 0.25) is 0 Å². The molecule has 0 bridgehead atoms. The zero-order valence-electron chi connectivity index (χ0n) is 10.4. The lowest BCUT2D eigenvalue weighted by molar-refractivity contribution is -0.141. The quantitative estimate of drug-likeness (QED) is 0.648. The van der Waals surface area contributed by atoms with Crippen LogP contribution in [0.3, 0.4) is 0 Å². The molecule has 0 spiro atoms. The first-order valence-electron chi connectivity index (χ1n) is 6.19. The number of carbonyl (C=O) groups excluding carboxylic acids is 2. The number of rotatable bonds is 5. The van der Waals surface area contributed by atoms with Crippen LogP contribution in [0.5, 0.6) is 0 Å². The number of hydrogen-bond acceptors (Lipinski definition) is 4. The maximum absolute atomic E-state index is 12.1. The lowest BCUT2D eigenvalue weighted by atomic mass is 10.2. The number of nitrogens with one attached hydrogen (secondary N) is 1. The van der Waals surface area contributed by atoms with E-state index < -0.39 is 23.9 Å². The minimum atomic E-state index is -0.985. The molecule has 4 N–H and O–H groups in total. The second-order valence-electron chi connectivity index (χ2n) is 4.77. The largest absolute Gasteiger partial charge is 0.480 e. The van der Waals surface area contributed by atoms with E-state index in [-0.39, 0.29) is 18.3 Å². The number of carbonyl (C=O) groups is 3. The van der Waals surface area contributed by atoms with E-state index in [0.29, 0.717) is 11.7 Å². The summed E-state index contributed by atoms with van der Waals surface area (Å²) in [6.07, 6.45) is 2.13. The van der Waals surface area contributed by atoms with Crippen LogP contribution in [-0.2, 0) is 9.59 Å². The fourth-order valence-corrected chi connectivity index (χ4v) is 3.73. The first-order chi connectivity index (χ1) is 9.00. The van der Waals surface area contributed by atoms with Crippen molar-refractivity contribution in [2.45, 2.75) is 30.7 Å². The van der Waals surface area contributed by atoms with E-state index in [1.807, 2.05) is 0 Å². The standard InChI is InChI=1S/C11H17N3O4S/c12-8(15)3-4-13-11(18)14-7(10(16)17)5-19-9(14)6-1-2-6/h6-7,9H,1-5H2,(H2,12,15)(H,13,18)(H,16,17). The number of hydrogen-bond donors (Lipinski definition) is 3. The van der Waals surface area contributed by atoms with Gasteiger partial charge in [0.05, 0.1) is 5.37 Å². The molecule has 0 radical (unpaired) electrons. The first-order valence-corrected chi connectivity index (χ1v) is 7.24. The third kappa shape index (κ3) is 3.31. The van der Waals surface area contributed by atoms with Gasteiger partial charge in [-0.15, -0.1) is 11.8 Å². The van der Waals surface area contributed by atoms with Crippen molar-refractivity contribution in [3.05, 3.63) is 0 Å². The van der Waals surface area contributed by atoms with Crippen molar-refractivity contribution in [3.63, 3.8) is 0 Å². The average Bonchev–Trinajstić information content (AvgIpc) is 3.06. The van der Waals surface area contributed by atoms with Crippen LogP contribution < -0.4 is 11.1 Å². The normalized spacial score (nSPS) is 26.2. The molecule has 2 aliphatic rings. The van der Waals surface area contributed by atoms with E-state index in [1.54, 1.807) is 0 Å². The second kappa shape index (κ2) is 5.68. The van der Waals surface area contributed by atoms with Crippen molar-refractivity contribution >= 4 is 29.7 Å². The van der Waals surface area contributed by atoms with Crippen LogP contribution in [0.1, 0.15) is 19.3 Å². The summed E-state index contributed by atoms with van der Waals surface area (Å²) in [4.78, 5) is 35.3. The molecule has 2 atom stereocenters. The minimum absolute atomic E-state index is 0.0541. The van der Waals surface area contributed by atoms with Crippen LogP contribution >= 0.6 is 11.8 Å². The van der Waals surface area contributed by atoms with Crippen LogP contribution in [0, 0.1) is 5.92 Å². The summed E-state index contributed by atoms with van der Waals surface area (Å²) in [7, 11) is 0. The highest BCUT2D eigenvalue weighted by molar-refractivity contribution is 8.00. The molecular weight excluding hydrogens is 270 g/mol.